The van der Waals surface area contributed by atoms with Crippen molar-refractivity contribution < 1.29 is 9.59 Å². The summed E-state index contributed by atoms with van der Waals surface area (Å²) in [4.78, 5) is 25.2. The van der Waals surface area contributed by atoms with Gasteiger partial charge >= 0.3 is 6.03 Å². The maximum atomic E-state index is 12.4. The molecule has 0 aromatic heterocycles. The molecule has 6 heteroatoms. The summed E-state index contributed by atoms with van der Waals surface area (Å²) in [6.45, 7) is 3.49. The Labute approximate surface area is 113 Å². The van der Waals surface area contributed by atoms with Crippen LogP contribution in [-0.2, 0) is 4.79 Å². The third-order valence-electron chi connectivity index (χ3n) is 4.42. The average Bonchev–Trinajstić information content (AvgIpc) is 2.90. The van der Waals surface area contributed by atoms with Crippen LogP contribution < -0.4 is 16.8 Å². The van der Waals surface area contributed by atoms with Gasteiger partial charge in [0.25, 0.3) is 0 Å². The van der Waals surface area contributed by atoms with Gasteiger partial charge in [0.05, 0.1) is 0 Å². The van der Waals surface area contributed by atoms with Gasteiger partial charge < -0.3 is 21.7 Å². The van der Waals surface area contributed by atoms with Gasteiger partial charge in [-0.05, 0) is 31.1 Å². The molecule has 3 amide bonds. The Morgan fingerprint density at radius 1 is 1.37 bits per heavy atom. The number of fused-ring (bicyclic) bond motifs is 1. The molecular weight excluding hydrogens is 244 g/mol. The Balaban J connectivity index is 1.97. The van der Waals surface area contributed by atoms with E-state index in [1.165, 1.54) is 0 Å². The van der Waals surface area contributed by atoms with Crippen LogP contribution in [-0.4, -0.2) is 42.0 Å². The Morgan fingerprint density at radius 3 is 2.68 bits per heavy atom. The molecule has 2 rings (SSSR count). The lowest BCUT2D eigenvalue weighted by molar-refractivity contribution is -0.132. The molecule has 1 aliphatic heterocycles. The summed E-state index contributed by atoms with van der Waals surface area (Å²) < 4.78 is 0. The Morgan fingerprint density at radius 2 is 2.11 bits per heavy atom. The summed E-state index contributed by atoms with van der Waals surface area (Å²) in [6.07, 6.45) is 3.63. The highest BCUT2D eigenvalue weighted by Crippen LogP contribution is 2.37. The maximum Gasteiger partial charge on any atom is 0.312 e. The topological polar surface area (TPSA) is 101 Å². The van der Waals surface area contributed by atoms with E-state index in [9.17, 15) is 9.59 Å². The number of rotatable bonds is 4. The van der Waals surface area contributed by atoms with Crippen molar-refractivity contribution in [1.29, 1.82) is 0 Å². The zero-order chi connectivity index (χ0) is 14.0. The van der Waals surface area contributed by atoms with Crippen LogP contribution in [0.4, 0.5) is 4.79 Å². The van der Waals surface area contributed by atoms with E-state index in [-0.39, 0.29) is 11.9 Å². The molecule has 0 aromatic rings. The van der Waals surface area contributed by atoms with E-state index in [1.807, 2.05) is 11.8 Å². The summed E-state index contributed by atoms with van der Waals surface area (Å²) in [5, 5.41) is 2.55. The molecule has 1 saturated carbocycles. The number of nitrogens with two attached hydrogens (primary N) is 2. The monoisotopic (exact) mass is 268 g/mol. The van der Waals surface area contributed by atoms with Crippen molar-refractivity contribution in [1.82, 2.24) is 10.2 Å². The lowest BCUT2D eigenvalue weighted by atomic mass is 9.98. The van der Waals surface area contributed by atoms with Gasteiger partial charge in [0.15, 0.2) is 0 Å². The molecular formula is C13H24N4O2. The van der Waals surface area contributed by atoms with Crippen LogP contribution >= 0.6 is 0 Å². The van der Waals surface area contributed by atoms with E-state index < -0.39 is 12.1 Å². The van der Waals surface area contributed by atoms with Crippen molar-refractivity contribution in [3.8, 4) is 0 Å². The molecule has 4 atom stereocenters. The van der Waals surface area contributed by atoms with E-state index >= 15 is 0 Å². The van der Waals surface area contributed by atoms with Crippen molar-refractivity contribution in [2.24, 2.45) is 23.3 Å². The fourth-order valence-electron chi connectivity index (χ4n) is 3.43. The molecule has 1 heterocycles. The van der Waals surface area contributed by atoms with Crippen LogP contribution in [0.5, 0.6) is 0 Å². The van der Waals surface area contributed by atoms with Gasteiger partial charge in [-0.25, -0.2) is 4.79 Å². The van der Waals surface area contributed by atoms with E-state index in [0.29, 0.717) is 18.3 Å². The Hall–Kier alpha value is -1.30. The molecule has 108 valence electrons. The van der Waals surface area contributed by atoms with Crippen molar-refractivity contribution in [2.75, 3.05) is 13.1 Å². The first-order valence-corrected chi connectivity index (χ1v) is 7.13. The first-order chi connectivity index (χ1) is 9.02. The van der Waals surface area contributed by atoms with Crippen LogP contribution in [0.3, 0.4) is 0 Å². The molecule has 0 aromatic carbocycles. The predicted octanol–water partition coefficient (Wildman–Crippen LogP) is 0.0191. The number of primary amides is 1. The first-order valence-electron chi connectivity index (χ1n) is 7.13. The molecule has 2 fully saturated rings. The van der Waals surface area contributed by atoms with Crippen LogP contribution in [0, 0.1) is 11.8 Å². The number of urea groups is 1. The highest BCUT2D eigenvalue weighted by atomic mass is 16.2. The van der Waals surface area contributed by atoms with Crippen LogP contribution in [0.2, 0.25) is 0 Å². The van der Waals surface area contributed by atoms with Crippen molar-refractivity contribution in [2.45, 2.75) is 44.7 Å². The van der Waals surface area contributed by atoms with E-state index in [0.717, 1.165) is 32.4 Å². The minimum Gasteiger partial charge on any atom is -0.352 e. The van der Waals surface area contributed by atoms with Crippen LogP contribution in [0.1, 0.15) is 32.6 Å². The second kappa shape index (κ2) is 5.77. The third kappa shape index (κ3) is 3.00. The Kier molecular flexibility index (Phi) is 4.29. The van der Waals surface area contributed by atoms with Gasteiger partial charge in [-0.15, -0.1) is 0 Å². The minimum absolute atomic E-state index is 0.0118. The van der Waals surface area contributed by atoms with E-state index in [2.05, 4.69) is 5.32 Å². The van der Waals surface area contributed by atoms with E-state index in [1.54, 1.807) is 0 Å². The van der Waals surface area contributed by atoms with Crippen molar-refractivity contribution in [3.05, 3.63) is 0 Å². The standard InChI is InChI=1S/C13H24N4O2/c1-2-3-11(16-13(15)19)12(18)17-6-8-4-5-10(14)9(8)7-17/h8-11H,2-7,14H2,1H3,(H3,15,16,19)/t8?,9?,10?,11-/m1/s1. The zero-order valence-corrected chi connectivity index (χ0v) is 11.5. The largest absolute Gasteiger partial charge is 0.352 e. The van der Waals surface area contributed by atoms with Gasteiger partial charge in [-0.2, -0.15) is 0 Å². The highest BCUT2D eigenvalue weighted by Gasteiger charge is 2.43. The number of hydrogen-bond donors (Lipinski definition) is 3. The summed E-state index contributed by atoms with van der Waals surface area (Å²) in [5.41, 5.74) is 11.2. The summed E-state index contributed by atoms with van der Waals surface area (Å²) in [6, 6.07) is -0.906. The van der Waals surface area contributed by atoms with Crippen molar-refractivity contribution >= 4 is 11.9 Å². The zero-order valence-electron chi connectivity index (χ0n) is 11.5. The summed E-state index contributed by atoms with van der Waals surface area (Å²) in [7, 11) is 0. The maximum absolute atomic E-state index is 12.4. The first kappa shape index (κ1) is 14.1. The lowest BCUT2D eigenvalue weighted by Gasteiger charge is -2.24. The smallest absolute Gasteiger partial charge is 0.312 e. The van der Waals surface area contributed by atoms with Gasteiger partial charge in [-0.3, -0.25) is 4.79 Å². The number of hydrogen-bond acceptors (Lipinski definition) is 3. The fourth-order valence-corrected chi connectivity index (χ4v) is 3.43. The van der Waals surface area contributed by atoms with E-state index in [4.69, 9.17) is 11.5 Å². The molecule has 0 spiro atoms. The molecule has 1 saturated heterocycles. The molecule has 2 aliphatic rings. The quantitative estimate of drug-likeness (QED) is 0.670. The number of likely N-dealkylation sites (tertiary alicyclic amines) is 1. The molecule has 3 unspecified atom stereocenters. The molecule has 5 N–H and O–H groups in total. The van der Waals surface area contributed by atoms with Crippen LogP contribution in [0.15, 0.2) is 0 Å². The normalized spacial score (nSPS) is 31.1. The van der Waals surface area contributed by atoms with Gasteiger partial charge in [0, 0.05) is 19.1 Å². The highest BCUT2D eigenvalue weighted by molar-refractivity contribution is 5.86. The number of nitrogens with one attached hydrogen (secondary N) is 1. The number of nitrogens with zero attached hydrogens (tertiary/aromatic N) is 1. The van der Waals surface area contributed by atoms with Crippen LogP contribution in [0.25, 0.3) is 0 Å². The Bertz CT molecular complexity index is 361. The van der Waals surface area contributed by atoms with Gasteiger partial charge in [0.1, 0.15) is 6.04 Å². The fraction of sp³-hybridized carbons (Fsp3) is 0.846. The lowest BCUT2D eigenvalue weighted by Crippen LogP contribution is -2.50. The molecule has 0 bridgehead atoms. The third-order valence-corrected chi connectivity index (χ3v) is 4.42. The summed E-state index contributed by atoms with van der Waals surface area (Å²) >= 11 is 0. The summed E-state index contributed by atoms with van der Waals surface area (Å²) in [5.74, 6) is 0.955. The SMILES string of the molecule is CCC[C@@H](NC(N)=O)C(=O)N1CC2CCC(N)C2C1. The van der Waals surface area contributed by atoms with Crippen molar-refractivity contribution in [3.63, 3.8) is 0 Å². The number of carbonyl (C=O) groups is 2. The second-order valence-corrected chi connectivity index (χ2v) is 5.76. The average molecular weight is 268 g/mol. The molecule has 0 radical (unpaired) electrons. The number of carbonyl (C=O) groups excluding carboxylic acids is 2. The molecule has 19 heavy (non-hydrogen) atoms. The molecule has 1 aliphatic carbocycles. The molecule has 6 nitrogen and oxygen atoms in total. The van der Waals surface area contributed by atoms with Gasteiger partial charge in [0.2, 0.25) is 5.91 Å². The van der Waals surface area contributed by atoms with Gasteiger partial charge in [-0.1, -0.05) is 13.3 Å². The predicted molar refractivity (Wildman–Crippen MR) is 72.2 cm³/mol. The minimum atomic E-state index is -0.636. The second-order valence-electron chi connectivity index (χ2n) is 5.76. The number of amides is 3.